The van der Waals surface area contributed by atoms with Gasteiger partial charge in [0.1, 0.15) is 5.75 Å². The number of aromatic amines is 1. The number of aliphatic carboxylic acids is 1. The van der Waals surface area contributed by atoms with Crippen molar-refractivity contribution in [3.63, 3.8) is 0 Å². The number of hydrogen-bond acceptors (Lipinski definition) is 2. The van der Waals surface area contributed by atoms with E-state index in [-0.39, 0.29) is 6.42 Å². The van der Waals surface area contributed by atoms with Crippen LogP contribution in [0.25, 0.3) is 22.2 Å². The zero-order chi connectivity index (χ0) is 18.1. The van der Waals surface area contributed by atoms with Gasteiger partial charge in [0.25, 0.3) is 0 Å². The highest BCUT2D eigenvalue weighted by Gasteiger charge is 2.20. The first-order chi connectivity index (χ1) is 11.9. The lowest BCUT2D eigenvalue weighted by Gasteiger charge is -2.11. The van der Waals surface area contributed by atoms with Crippen LogP contribution in [0.3, 0.4) is 0 Å². The summed E-state index contributed by atoms with van der Waals surface area (Å²) in [6.45, 7) is 6.53. The zero-order valence-electron chi connectivity index (χ0n) is 14.4. The van der Waals surface area contributed by atoms with Crippen LogP contribution in [0.5, 0.6) is 5.75 Å². The minimum absolute atomic E-state index is 0.0453. The molecule has 130 valence electrons. The van der Waals surface area contributed by atoms with Crippen LogP contribution < -0.4 is 4.74 Å². The van der Waals surface area contributed by atoms with Crippen molar-refractivity contribution >= 4 is 32.8 Å². The van der Waals surface area contributed by atoms with Crippen molar-refractivity contribution in [2.75, 3.05) is 6.61 Å². The third kappa shape index (κ3) is 3.42. The second kappa shape index (κ2) is 6.92. The number of aryl methyl sites for hydroxylation is 2. The quantitative estimate of drug-likeness (QED) is 0.614. The maximum atomic E-state index is 11.5. The molecule has 1 aromatic heterocycles. The monoisotopic (exact) mass is 401 g/mol. The number of ether oxygens (including phenoxy) is 1. The molecule has 0 aliphatic carbocycles. The van der Waals surface area contributed by atoms with Crippen molar-refractivity contribution < 1.29 is 14.6 Å². The van der Waals surface area contributed by atoms with E-state index in [2.05, 4.69) is 27.0 Å². The normalized spacial score (nSPS) is 11.0. The van der Waals surface area contributed by atoms with E-state index in [4.69, 9.17) is 4.74 Å². The average Bonchev–Trinajstić information content (AvgIpc) is 2.87. The molecule has 0 amide bonds. The SMILES string of the molecule is CCOc1ccc(Br)cc1-c1[nH]c2c(C)cc(C)cc2c1CC(=O)O. The summed E-state index contributed by atoms with van der Waals surface area (Å²) >= 11 is 3.50. The maximum absolute atomic E-state index is 11.5. The minimum atomic E-state index is -0.853. The molecule has 0 atom stereocenters. The molecule has 0 saturated carbocycles. The van der Waals surface area contributed by atoms with Gasteiger partial charge in [-0.2, -0.15) is 0 Å². The molecule has 3 rings (SSSR count). The van der Waals surface area contributed by atoms with E-state index in [1.807, 2.05) is 45.0 Å². The van der Waals surface area contributed by atoms with E-state index in [1.165, 1.54) is 0 Å². The zero-order valence-corrected chi connectivity index (χ0v) is 16.0. The summed E-state index contributed by atoms with van der Waals surface area (Å²) in [5.41, 5.74) is 5.63. The number of fused-ring (bicyclic) bond motifs is 1. The molecule has 0 aliphatic heterocycles. The van der Waals surface area contributed by atoms with Crippen LogP contribution in [0.2, 0.25) is 0 Å². The Morgan fingerprint density at radius 1 is 1.24 bits per heavy atom. The van der Waals surface area contributed by atoms with Gasteiger partial charge < -0.3 is 14.8 Å². The minimum Gasteiger partial charge on any atom is -0.493 e. The number of carbonyl (C=O) groups is 1. The summed E-state index contributed by atoms with van der Waals surface area (Å²) in [5, 5.41) is 10.4. The number of hydrogen-bond donors (Lipinski definition) is 2. The molecule has 2 aromatic carbocycles. The second-order valence-electron chi connectivity index (χ2n) is 6.13. The summed E-state index contributed by atoms with van der Waals surface area (Å²) in [4.78, 5) is 14.9. The first-order valence-electron chi connectivity index (χ1n) is 8.17. The first-order valence-corrected chi connectivity index (χ1v) is 8.96. The Balaban J connectivity index is 2.34. The molecule has 4 nitrogen and oxygen atoms in total. The van der Waals surface area contributed by atoms with E-state index in [0.717, 1.165) is 49.1 Å². The summed E-state index contributed by atoms with van der Waals surface area (Å²) in [6, 6.07) is 9.92. The van der Waals surface area contributed by atoms with Crippen LogP contribution >= 0.6 is 15.9 Å². The summed E-state index contributed by atoms with van der Waals surface area (Å²) in [7, 11) is 0. The molecule has 2 N–H and O–H groups in total. The third-order valence-electron chi connectivity index (χ3n) is 4.20. The molecule has 1 heterocycles. The number of H-pyrrole nitrogens is 1. The molecule has 0 saturated heterocycles. The maximum Gasteiger partial charge on any atom is 0.307 e. The van der Waals surface area contributed by atoms with E-state index in [0.29, 0.717) is 6.61 Å². The number of carboxylic acids is 1. The van der Waals surface area contributed by atoms with Gasteiger partial charge in [-0.05, 0) is 56.2 Å². The Morgan fingerprint density at radius 3 is 2.68 bits per heavy atom. The van der Waals surface area contributed by atoms with Crippen molar-refractivity contribution in [1.82, 2.24) is 4.98 Å². The Morgan fingerprint density at radius 2 is 2.00 bits per heavy atom. The van der Waals surface area contributed by atoms with Crippen LogP contribution in [0.4, 0.5) is 0 Å². The highest BCUT2D eigenvalue weighted by Crippen LogP contribution is 2.38. The molecule has 0 unspecified atom stereocenters. The summed E-state index contributed by atoms with van der Waals surface area (Å²) < 4.78 is 6.68. The van der Waals surface area contributed by atoms with Gasteiger partial charge in [0, 0.05) is 20.9 Å². The van der Waals surface area contributed by atoms with Crippen LogP contribution in [0.1, 0.15) is 23.6 Å². The number of nitrogens with one attached hydrogen (secondary N) is 1. The number of aromatic nitrogens is 1. The number of halogens is 1. The summed E-state index contributed by atoms with van der Waals surface area (Å²) in [5.74, 6) is -0.118. The summed E-state index contributed by atoms with van der Waals surface area (Å²) in [6.07, 6.45) is -0.0453. The standard InChI is InChI=1S/C20H20BrNO3/c1-4-25-17-6-5-13(21)9-16(17)20-15(10-18(23)24)14-8-11(2)7-12(3)19(14)22-20/h5-9,22H,4,10H2,1-3H3,(H,23,24). The van der Waals surface area contributed by atoms with Crippen LogP contribution in [-0.4, -0.2) is 22.7 Å². The number of carboxylic acid groups (broad SMARTS) is 1. The lowest BCUT2D eigenvalue weighted by Crippen LogP contribution is -2.02. The van der Waals surface area contributed by atoms with Crippen molar-refractivity contribution in [2.45, 2.75) is 27.2 Å². The molecule has 25 heavy (non-hydrogen) atoms. The van der Waals surface area contributed by atoms with Gasteiger partial charge in [0.05, 0.1) is 18.7 Å². The molecule has 3 aromatic rings. The Labute approximate surface area is 155 Å². The van der Waals surface area contributed by atoms with Crippen LogP contribution in [0.15, 0.2) is 34.8 Å². The number of benzene rings is 2. The highest BCUT2D eigenvalue weighted by molar-refractivity contribution is 9.10. The molecular formula is C20H20BrNO3. The molecule has 0 bridgehead atoms. The average molecular weight is 402 g/mol. The van der Waals surface area contributed by atoms with E-state index in [9.17, 15) is 9.90 Å². The van der Waals surface area contributed by atoms with Crippen LogP contribution in [0, 0.1) is 13.8 Å². The smallest absolute Gasteiger partial charge is 0.307 e. The molecule has 0 fully saturated rings. The fourth-order valence-corrected chi connectivity index (χ4v) is 3.61. The first kappa shape index (κ1) is 17.5. The highest BCUT2D eigenvalue weighted by atomic mass is 79.9. The largest absolute Gasteiger partial charge is 0.493 e. The van der Waals surface area contributed by atoms with Gasteiger partial charge in [-0.3, -0.25) is 4.79 Å². The lowest BCUT2D eigenvalue weighted by atomic mass is 10.00. The topological polar surface area (TPSA) is 62.3 Å². The van der Waals surface area contributed by atoms with E-state index >= 15 is 0 Å². The fourth-order valence-electron chi connectivity index (χ4n) is 3.25. The molecule has 0 radical (unpaired) electrons. The predicted octanol–water partition coefficient (Wildman–Crippen LogP) is 5.24. The Bertz CT molecular complexity index is 959. The number of rotatable bonds is 5. The van der Waals surface area contributed by atoms with Crippen molar-refractivity contribution in [3.05, 3.63) is 51.5 Å². The lowest BCUT2D eigenvalue weighted by molar-refractivity contribution is -0.136. The Kier molecular flexibility index (Phi) is 4.86. The molecule has 0 aliphatic rings. The molecular weight excluding hydrogens is 382 g/mol. The molecule has 5 heteroatoms. The fraction of sp³-hybridized carbons (Fsp3) is 0.250. The van der Waals surface area contributed by atoms with Gasteiger partial charge in [-0.1, -0.05) is 27.6 Å². The van der Waals surface area contributed by atoms with Crippen molar-refractivity contribution in [2.24, 2.45) is 0 Å². The second-order valence-corrected chi connectivity index (χ2v) is 7.04. The van der Waals surface area contributed by atoms with Gasteiger partial charge >= 0.3 is 5.97 Å². The van der Waals surface area contributed by atoms with Gasteiger partial charge in [0.2, 0.25) is 0 Å². The van der Waals surface area contributed by atoms with E-state index < -0.39 is 5.97 Å². The van der Waals surface area contributed by atoms with Crippen LogP contribution in [-0.2, 0) is 11.2 Å². The van der Waals surface area contributed by atoms with Crippen molar-refractivity contribution in [1.29, 1.82) is 0 Å². The van der Waals surface area contributed by atoms with Gasteiger partial charge in [-0.15, -0.1) is 0 Å². The predicted molar refractivity (Wildman–Crippen MR) is 103 cm³/mol. The third-order valence-corrected chi connectivity index (χ3v) is 4.69. The van der Waals surface area contributed by atoms with E-state index in [1.54, 1.807) is 0 Å². The molecule has 0 spiro atoms. The van der Waals surface area contributed by atoms with Gasteiger partial charge in [-0.25, -0.2) is 0 Å². The Hall–Kier alpha value is -2.27. The van der Waals surface area contributed by atoms with Crippen molar-refractivity contribution in [3.8, 4) is 17.0 Å². The van der Waals surface area contributed by atoms with Gasteiger partial charge in [0.15, 0.2) is 0 Å².